The Morgan fingerprint density at radius 1 is 1.31 bits per heavy atom. The SMILES string of the molecule is COC(OC)c1nc2c(cc1CN1CCN(C3CC3)CC1=O)CCCN2. The Hall–Kier alpha value is -1.70. The highest BCUT2D eigenvalue weighted by molar-refractivity contribution is 5.79. The smallest absolute Gasteiger partial charge is 0.237 e. The van der Waals surface area contributed by atoms with E-state index in [0.717, 1.165) is 49.6 Å². The zero-order valence-corrected chi connectivity index (χ0v) is 15.7. The van der Waals surface area contributed by atoms with E-state index in [4.69, 9.17) is 14.5 Å². The first kappa shape index (κ1) is 17.7. The van der Waals surface area contributed by atoms with Crippen LogP contribution in [0.15, 0.2) is 6.07 Å². The van der Waals surface area contributed by atoms with Gasteiger partial charge in [-0.2, -0.15) is 0 Å². The van der Waals surface area contributed by atoms with Gasteiger partial charge in [0.05, 0.1) is 6.54 Å². The van der Waals surface area contributed by atoms with Crippen LogP contribution < -0.4 is 5.32 Å². The van der Waals surface area contributed by atoms with Gasteiger partial charge in [0.1, 0.15) is 11.5 Å². The molecule has 7 heteroatoms. The van der Waals surface area contributed by atoms with Crippen LogP contribution >= 0.6 is 0 Å². The Kier molecular flexibility index (Phi) is 5.11. The van der Waals surface area contributed by atoms with E-state index in [0.29, 0.717) is 19.1 Å². The van der Waals surface area contributed by atoms with Gasteiger partial charge in [-0.3, -0.25) is 9.69 Å². The molecule has 3 heterocycles. The lowest BCUT2D eigenvalue weighted by Crippen LogP contribution is -2.50. The number of carbonyl (C=O) groups excluding carboxylic acids is 1. The summed E-state index contributed by atoms with van der Waals surface area (Å²) in [6.07, 6.45) is 4.06. The first-order chi connectivity index (χ1) is 12.7. The number of anilines is 1. The molecule has 0 bridgehead atoms. The lowest BCUT2D eigenvalue weighted by molar-refractivity contribution is -0.137. The average Bonchev–Trinajstić information content (AvgIpc) is 3.50. The Morgan fingerprint density at radius 2 is 2.12 bits per heavy atom. The number of piperazine rings is 1. The number of ether oxygens (including phenoxy) is 2. The quantitative estimate of drug-likeness (QED) is 0.776. The second-order valence-electron chi connectivity index (χ2n) is 7.39. The van der Waals surface area contributed by atoms with Gasteiger partial charge < -0.3 is 19.7 Å². The van der Waals surface area contributed by atoms with Crippen molar-refractivity contribution in [2.45, 2.75) is 44.6 Å². The number of nitrogens with one attached hydrogen (secondary N) is 1. The Labute approximate surface area is 154 Å². The van der Waals surface area contributed by atoms with Crippen LogP contribution in [0.2, 0.25) is 0 Å². The number of aromatic nitrogens is 1. The third kappa shape index (κ3) is 3.56. The summed E-state index contributed by atoms with van der Waals surface area (Å²) in [5.74, 6) is 1.12. The van der Waals surface area contributed by atoms with Crippen molar-refractivity contribution in [2.24, 2.45) is 0 Å². The van der Waals surface area contributed by atoms with Gasteiger partial charge in [0.2, 0.25) is 12.2 Å². The molecule has 1 saturated heterocycles. The van der Waals surface area contributed by atoms with Crippen LogP contribution in [0.4, 0.5) is 5.82 Å². The molecule has 2 aliphatic heterocycles. The second kappa shape index (κ2) is 7.50. The van der Waals surface area contributed by atoms with Crippen LogP contribution in [-0.4, -0.2) is 67.1 Å². The molecule has 0 aromatic carbocycles. The molecule has 0 radical (unpaired) electrons. The first-order valence-corrected chi connectivity index (χ1v) is 9.53. The maximum absolute atomic E-state index is 12.6. The number of carbonyl (C=O) groups is 1. The van der Waals surface area contributed by atoms with E-state index in [9.17, 15) is 4.79 Å². The molecule has 0 spiro atoms. The van der Waals surface area contributed by atoms with E-state index in [1.54, 1.807) is 14.2 Å². The van der Waals surface area contributed by atoms with E-state index >= 15 is 0 Å². The van der Waals surface area contributed by atoms with Gasteiger partial charge in [-0.1, -0.05) is 0 Å². The fraction of sp³-hybridized carbons (Fsp3) is 0.684. The maximum atomic E-state index is 12.6. The summed E-state index contributed by atoms with van der Waals surface area (Å²) in [7, 11) is 3.23. The van der Waals surface area contributed by atoms with Crippen LogP contribution in [-0.2, 0) is 27.2 Å². The number of aryl methyl sites for hydroxylation is 1. The molecule has 0 unspecified atom stereocenters. The van der Waals surface area contributed by atoms with Crippen molar-refractivity contribution in [1.82, 2.24) is 14.8 Å². The molecule has 1 aliphatic carbocycles. The number of amides is 1. The third-order valence-electron chi connectivity index (χ3n) is 5.55. The van der Waals surface area contributed by atoms with Gasteiger partial charge in [0, 0.05) is 46.4 Å². The summed E-state index contributed by atoms with van der Waals surface area (Å²) in [6.45, 7) is 3.78. The van der Waals surface area contributed by atoms with Gasteiger partial charge in [-0.25, -0.2) is 4.98 Å². The zero-order valence-electron chi connectivity index (χ0n) is 15.7. The molecule has 0 atom stereocenters. The van der Waals surface area contributed by atoms with E-state index < -0.39 is 6.29 Å². The molecule has 1 N–H and O–H groups in total. The molecule has 1 aromatic rings. The summed E-state index contributed by atoms with van der Waals surface area (Å²) in [6, 6.07) is 2.81. The molecule has 26 heavy (non-hydrogen) atoms. The summed E-state index contributed by atoms with van der Waals surface area (Å²) in [5, 5.41) is 3.36. The number of nitrogens with zero attached hydrogens (tertiary/aromatic N) is 3. The van der Waals surface area contributed by atoms with E-state index in [1.807, 2.05) is 4.90 Å². The van der Waals surface area contributed by atoms with Crippen molar-refractivity contribution in [3.05, 3.63) is 22.9 Å². The van der Waals surface area contributed by atoms with E-state index in [-0.39, 0.29) is 5.91 Å². The fourth-order valence-corrected chi connectivity index (χ4v) is 3.95. The fourth-order valence-electron chi connectivity index (χ4n) is 3.95. The number of rotatable bonds is 6. The van der Waals surface area contributed by atoms with E-state index in [2.05, 4.69) is 16.3 Å². The average molecular weight is 360 g/mol. The molecule has 3 aliphatic rings. The Bertz CT molecular complexity index is 673. The highest BCUT2D eigenvalue weighted by atomic mass is 16.7. The zero-order chi connectivity index (χ0) is 18.1. The van der Waals surface area contributed by atoms with Crippen LogP contribution in [0, 0.1) is 0 Å². The van der Waals surface area contributed by atoms with Gasteiger partial charge in [-0.05, 0) is 42.9 Å². The molecule has 2 fully saturated rings. The standard InChI is InChI=1S/C19H28N4O3/c1-25-19(26-2)17-14(10-13-4-3-7-20-18(13)21-17)11-23-9-8-22(12-16(23)24)15-5-6-15/h10,15,19H,3-9,11-12H2,1-2H3,(H,20,21). The van der Waals surface area contributed by atoms with Crippen LogP contribution in [0.25, 0.3) is 0 Å². The van der Waals surface area contributed by atoms with Crippen LogP contribution in [0.3, 0.4) is 0 Å². The minimum atomic E-state index is -0.526. The van der Waals surface area contributed by atoms with Gasteiger partial charge in [0.15, 0.2) is 0 Å². The molecule has 1 amide bonds. The van der Waals surface area contributed by atoms with Crippen LogP contribution in [0.1, 0.15) is 42.4 Å². The highest BCUT2D eigenvalue weighted by Crippen LogP contribution is 2.30. The molecule has 1 saturated carbocycles. The van der Waals surface area contributed by atoms with Crippen molar-refractivity contribution in [1.29, 1.82) is 0 Å². The Balaban J connectivity index is 1.56. The molecule has 142 valence electrons. The van der Waals surface area contributed by atoms with Crippen molar-refractivity contribution >= 4 is 11.7 Å². The van der Waals surface area contributed by atoms with E-state index in [1.165, 1.54) is 18.4 Å². The number of methoxy groups -OCH3 is 2. The maximum Gasteiger partial charge on any atom is 0.237 e. The molecule has 1 aromatic heterocycles. The lowest BCUT2D eigenvalue weighted by Gasteiger charge is -2.35. The van der Waals surface area contributed by atoms with Crippen molar-refractivity contribution < 1.29 is 14.3 Å². The number of fused-ring (bicyclic) bond motifs is 1. The number of hydrogen-bond donors (Lipinski definition) is 1. The predicted octanol–water partition coefficient (Wildman–Crippen LogP) is 1.54. The molecular formula is C19H28N4O3. The number of pyridine rings is 1. The third-order valence-corrected chi connectivity index (χ3v) is 5.55. The second-order valence-corrected chi connectivity index (χ2v) is 7.39. The summed E-state index contributed by atoms with van der Waals surface area (Å²) < 4.78 is 10.9. The molecule has 7 nitrogen and oxygen atoms in total. The van der Waals surface area contributed by atoms with Crippen LogP contribution in [0.5, 0.6) is 0 Å². The van der Waals surface area contributed by atoms with Gasteiger partial charge in [0.25, 0.3) is 0 Å². The monoisotopic (exact) mass is 360 g/mol. The van der Waals surface area contributed by atoms with Gasteiger partial charge >= 0.3 is 0 Å². The van der Waals surface area contributed by atoms with Gasteiger partial charge in [-0.15, -0.1) is 0 Å². The largest absolute Gasteiger partial charge is 0.370 e. The molecular weight excluding hydrogens is 332 g/mol. The summed E-state index contributed by atoms with van der Waals surface area (Å²) >= 11 is 0. The topological polar surface area (TPSA) is 66.9 Å². The lowest BCUT2D eigenvalue weighted by atomic mass is 10.0. The van der Waals surface area contributed by atoms with Crippen molar-refractivity contribution in [3.63, 3.8) is 0 Å². The number of hydrogen-bond acceptors (Lipinski definition) is 6. The highest BCUT2D eigenvalue weighted by Gasteiger charge is 2.35. The summed E-state index contributed by atoms with van der Waals surface area (Å²) in [4.78, 5) is 21.7. The Morgan fingerprint density at radius 3 is 2.81 bits per heavy atom. The minimum absolute atomic E-state index is 0.205. The first-order valence-electron chi connectivity index (χ1n) is 9.53. The molecule has 4 rings (SSSR count). The van der Waals surface area contributed by atoms with Crippen molar-refractivity contribution in [2.75, 3.05) is 45.7 Å². The minimum Gasteiger partial charge on any atom is -0.370 e. The summed E-state index contributed by atoms with van der Waals surface area (Å²) in [5.41, 5.74) is 3.00. The van der Waals surface area contributed by atoms with Crippen molar-refractivity contribution in [3.8, 4) is 0 Å². The predicted molar refractivity (Wildman–Crippen MR) is 97.8 cm³/mol. The normalized spacial score (nSPS) is 21.0.